The van der Waals surface area contributed by atoms with Gasteiger partial charge in [0.1, 0.15) is 0 Å². The first-order valence-electron chi connectivity index (χ1n) is 5.25. The molecule has 1 aliphatic rings. The highest BCUT2D eigenvalue weighted by molar-refractivity contribution is 5.82. The van der Waals surface area contributed by atoms with Crippen molar-refractivity contribution in [2.75, 3.05) is 6.61 Å². The summed E-state index contributed by atoms with van der Waals surface area (Å²) in [5, 5.41) is 2.82. The molecule has 0 radical (unpaired) electrons. The minimum atomic E-state index is 0.156. The Bertz CT molecular complexity index is 316. The van der Waals surface area contributed by atoms with Gasteiger partial charge in [-0.2, -0.15) is 0 Å². The van der Waals surface area contributed by atoms with E-state index in [1.807, 2.05) is 30.3 Å². The molecule has 1 saturated heterocycles. The normalized spacial score (nSPS) is 19.5. The average molecular weight is 205 g/mol. The largest absolute Gasteiger partial charge is 0.377 e. The number of carbonyl (C=O) groups is 1. The number of ether oxygens (including phenoxy) is 1. The van der Waals surface area contributed by atoms with Gasteiger partial charge in [0.2, 0.25) is 5.91 Å². The lowest BCUT2D eigenvalue weighted by Gasteiger charge is -2.26. The topological polar surface area (TPSA) is 38.3 Å². The van der Waals surface area contributed by atoms with Crippen LogP contribution in [0.3, 0.4) is 0 Å². The fraction of sp³-hybridized carbons (Fsp3) is 0.417. The van der Waals surface area contributed by atoms with Gasteiger partial charge in [0, 0.05) is 19.1 Å². The van der Waals surface area contributed by atoms with E-state index in [2.05, 4.69) is 5.32 Å². The molecule has 3 nitrogen and oxygen atoms in total. The molecule has 3 heteroatoms. The maximum Gasteiger partial charge on any atom is 0.222 e. The van der Waals surface area contributed by atoms with E-state index in [0.29, 0.717) is 25.7 Å². The lowest BCUT2D eigenvalue weighted by Crippen LogP contribution is -2.48. The highest BCUT2D eigenvalue weighted by atomic mass is 16.5. The van der Waals surface area contributed by atoms with Crippen LogP contribution in [0.5, 0.6) is 0 Å². The molecule has 1 aliphatic heterocycles. The molecule has 80 valence electrons. The fourth-order valence-electron chi connectivity index (χ4n) is 1.59. The Morgan fingerprint density at radius 2 is 2.07 bits per heavy atom. The van der Waals surface area contributed by atoms with E-state index in [1.165, 1.54) is 5.56 Å². The van der Waals surface area contributed by atoms with Crippen molar-refractivity contribution in [1.29, 1.82) is 0 Å². The summed E-state index contributed by atoms with van der Waals surface area (Å²) in [5.74, 6) is 0.156. The Labute approximate surface area is 89.4 Å². The highest BCUT2D eigenvalue weighted by Crippen LogP contribution is 2.09. The van der Waals surface area contributed by atoms with Gasteiger partial charge in [0.25, 0.3) is 0 Å². The summed E-state index contributed by atoms with van der Waals surface area (Å²) in [6, 6.07) is 10.4. The van der Waals surface area contributed by atoms with Gasteiger partial charge in [-0.25, -0.2) is 0 Å². The number of hydrogen-bond donors (Lipinski definition) is 1. The zero-order chi connectivity index (χ0) is 10.5. The molecule has 0 bridgehead atoms. The van der Waals surface area contributed by atoms with E-state index in [-0.39, 0.29) is 5.91 Å². The lowest BCUT2D eigenvalue weighted by molar-refractivity contribution is -0.128. The van der Waals surface area contributed by atoms with E-state index in [4.69, 9.17) is 4.74 Å². The van der Waals surface area contributed by atoms with Crippen LogP contribution >= 0.6 is 0 Å². The SMILES string of the molecule is O=C1CC(CCOCc2ccccc2)N1. The van der Waals surface area contributed by atoms with Crippen LogP contribution in [-0.2, 0) is 16.1 Å². The van der Waals surface area contributed by atoms with Crippen molar-refractivity contribution in [3.63, 3.8) is 0 Å². The summed E-state index contributed by atoms with van der Waals surface area (Å²) in [5.41, 5.74) is 1.19. The summed E-state index contributed by atoms with van der Waals surface area (Å²) in [6.07, 6.45) is 1.58. The molecule has 1 fully saturated rings. The van der Waals surface area contributed by atoms with Crippen LogP contribution in [0.15, 0.2) is 30.3 Å². The van der Waals surface area contributed by atoms with Crippen LogP contribution in [0.1, 0.15) is 18.4 Å². The zero-order valence-electron chi connectivity index (χ0n) is 8.61. The van der Waals surface area contributed by atoms with Crippen LogP contribution in [0.4, 0.5) is 0 Å². The van der Waals surface area contributed by atoms with Crippen LogP contribution < -0.4 is 5.32 Å². The molecule has 1 N–H and O–H groups in total. The molecule has 15 heavy (non-hydrogen) atoms. The minimum absolute atomic E-state index is 0.156. The summed E-state index contributed by atoms with van der Waals surface area (Å²) >= 11 is 0. The first kappa shape index (κ1) is 10.2. The van der Waals surface area contributed by atoms with Gasteiger partial charge in [-0.1, -0.05) is 30.3 Å². The van der Waals surface area contributed by atoms with Gasteiger partial charge in [-0.05, 0) is 12.0 Å². The Hall–Kier alpha value is -1.35. The molecule has 1 atom stereocenters. The minimum Gasteiger partial charge on any atom is -0.377 e. The molecule has 2 rings (SSSR count). The number of carbonyl (C=O) groups excluding carboxylic acids is 1. The molecule has 1 unspecified atom stereocenters. The maximum absolute atomic E-state index is 10.6. The van der Waals surface area contributed by atoms with E-state index in [1.54, 1.807) is 0 Å². The van der Waals surface area contributed by atoms with E-state index >= 15 is 0 Å². The molecule has 1 aromatic carbocycles. The van der Waals surface area contributed by atoms with Crippen molar-refractivity contribution in [3.8, 4) is 0 Å². The van der Waals surface area contributed by atoms with Crippen LogP contribution in [0.2, 0.25) is 0 Å². The fourth-order valence-corrected chi connectivity index (χ4v) is 1.59. The number of rotatable bonds is 5. The molecule has 1 amide bonds. The Morgan fingerprint density at radius 3 is 2.73 bits per heavy atom. The number of β-lactam (4-membered cyclic amide) rings is 1. The first-order chi connectivity index (χ1) is 7.34. The Balaban J connectivity index is 1.57. The molecule has 0 saturated carbocycles. The van der Waals surface area contributed by atoms with Crippen molar-refractivity contribution >= 4 is 5.91 Å². The Morgan fingerprint density at radius 1 is 1.33 bits per heavy atom. The predicted octanol–water partition coefficient (Wildman–Crippen LogP) is 1.48. The third kappa shape index (κ3) is 3.06. The Kier molecular flexibility index (Phi) is 3.35. The summed E-state index contributed by atoms with van der Waals surface area (Å²) < 4.78 is 5.51. The van der Waals surface area contributed by atoms with Gasteiger partial charge < -0.3 is 10.1 Å². The third-order valence-corrected chi connectivity index (χ3v) is 2.52. The highest BCUT2D eigenvalue weighted by Gasteiger charge is 2.24. The molecule has 1 aromatic rings. The van der Waals surface area contributed by atoms with Crippen molar-refractivity contribution < 1.29 is 9.53 Å². The molecule has 0 aliphatic carbocycles. The number of hydrogen-bond acceptors (Lipinski definition) is 2. The quantitative estimate of drug-likeness (QED) is 0.584. The zero-order valence-corrected chi connectivity index (χ0v) is 8.61. The van der Waals surface area contributed by atoms with Crippen molar-refractivity contribution in [1.82, 2.24) is 5.32 Å². The first-order valence-corrected chi connectivity index (χ1v) is 5.25. The number of nitrogens with one attached hydrogen (secondary N) is 1. The van der Waals surface area contributed by atoms with E-state index in [9.17, 15) is 4.79 Å². The second kappa shape index (κ2) is 4.94. The number of benzene rings is 1. The van der Waals surface area contributed by atoms with Gasteiger partial charge in [0.15, 0.2) is 0 Å². The van der Waals surface area contributed by atoms with Gasteiger partial charge >= 0.3 is 0 Å². The predicted molar refractivity (Wildman–Crippen MR) is 57.3 cm³/mol. The van der Waals surface area contributed by atoms with Crippen molar-refractivity contribution in [2.24, 2.45) is 0 Å². The smallest absolute Gasteiger partial charge is 0.222 e. The second-order valence-corrected chi connectivity index (χ2v) is 3.80. The lowest BCUT2D eigenvalue weighted by atomic mass is 10.0. The standard InChI is InChI=1S/C12H15NO2/c14-12-8-11(13-12)6-7-15-9-10-4-2-1-3-5-10/h1-5,11H,6-9H2,(H,13,14). The summed E-state index contributed by atoms with van der Waals surface area (Å²) in [6.45, 7) is 1.36. The van der Waals surface area contributed by atoms with Crippen molar-refractivity contribution in [3.05, 3.63) is 35.9 Å². The van der Waals surface area contributed by atoms with Crippen LogP contribution in [0.25, 0.3) is 0 Å². The summed E-state index contributed by atoms with van der Waals surface area (Å²) in [7, 11) is 0. The number of amides is 1. The van der Waals surface area contributed by atoms with Gasteiger partial charge in [-0.3, -0.25) is 4.79 Å². The molecular weight excluding hydrogens is 190 g/mol. The average Bonchev–Trinajstić information content (AvgIpc) is 2.23. The maximum atomic E-state index is 10.6. The van der Waals surface area contributed by atoms with Crippen LogP contribution in [-0.4, -0.2) is 18.6 Å². The van der Waals surface area contributed by atoms with Crippen molar-refractivity contribution in [2.45, 2.75) is 25.5 Å². The summed E-state index contributed by atoms with van der Waals surface area (Å²) in [4.78, 5) is 10.6. The van der Waals surface area contributed by atoms with Gasteiger partial charge in [0.05, 0.1) is 6.61 Å². The molecule has 0 spiro atoms. The monoisotopic (exact) mass is 205 g/mol. The molecule has 1 heterocycles. The van der Waals surface area contributed by atoms with Crippen LogP contribution in [0, 0.1) is 0 Å². The third-order valence-electron chi connectivity index (χ3n) is 2.52. The van der Waals surface area contributed by atoms with E-state index in [0.717, 1.165) is 6.42 Å². The second-order valence-electron chi connectivity index (χ2n) is 3.80. The van der Waals surface area contributed by atoms with Gasteiger partial charge in [-0.15, -0.1) is 0 Å². The molecule has 0 aromatic heterocycles. The van der Waals surface area contributed by atoms with E-state index < -0.39 is 0 Å². The molecular formula is C12H15NO2.